The average molecular weight is 455 g/mol. The lowest BCUT2D eigenvalue weighted by atomic mass is 10.1. The van der Waals surface area contributed by atoms with E-state index >= 15 is 0 Å². The van der Waals surface area contributed by atoms with Gasteiger partial charge in [-0.15, -0.1) is 0 Å². The Morgan fingerprint density at radius 3 is 1.00 bits per heavy atom. The number of benzene rings is 1. The Bertz CT molecular complexity index is 588. The lowest BCUT2D eigenvalue weighted by Crippen LogP contribution is -2.49. The zero-order valence-electron chi connectivity index (χ0n) is 19.4. The molecule has 0 aliphatic carbocycles. The summed E-state index contributed by atoms with van der Waals surface area (Å²) >= 11 is 0. The van der Waals surface area contributed by atoms with Crippen LogP contribution in [0.1, 0.15) is 52.7 Å². The van der Waals surface area contributed by atoms with Gasteiger partial charge < -0.3 is 26.6 Å². The van der Waals surface area contributed by atoms with Crippen molar-refractivity contribution >= 4 is 28.0 Å². The average Bonchev–Trinajstić information content (AvgIpc) is 2.73. The highest BCUT2D eigenvalue weighted by molar-refractivity contribution is 6.83. The van der Waals surface area contributed by atoms with E-state index < -0.39 is 17.6 Å². The van der Waals surface area contributed by atoms with E-state index in [0.29, 0.717) is 50.0 Å². The van der Waals surface area contributed by atoms with Crippen LogP contribution in [0, 0.1) is 0 Å². The number of hydrogen-bond donors (Lipinski definition) is 0. The molecule has 0 N–H and O–H groups in total. The summed E-state index contributed by atoms with van der Waals surface area (Å²) in [4.78, 5) is 0. The molecule has 1 aromatic rings. The molecule has 1 rings (SSSR count). The Balaban J connectivity index is 3.55. The van der Waals surface area contributed by atoms with Crippen LogP contribution < -0.4 is 0 Å². The molecule has 0 aliphatic rings. The van der Waals surface area contributed by atoms with E-state index in [4.69, 9.17) is 26.6 Å². The van der Waals surface area contributed by atoms with Crippen LogP contribution in [0.4, 0.5) is 0 Å². The van der Waals surface area contributed by atoms with Crippen molar-refractivity contribution in [3.63, 3.8) is 0 Å². The molecule has 30 heavy (non-hydrogen) atoms. The van der Waals surface area contributed by atoms with Crippen LogP contribution in [0.15, 0.2) is 37.4 Å². The largest absolute Gasteiger partial charge is 0.537 e. The highest BCUT2D eigenvalue weighted by Crippen LogP contribution is 2.36. The first-order valence-corrected chi connectivity index (χ1v) is 14.2. The molecule has 0 radical (unpaired) electrons. The molecule has 1 aromatic carbocycles. The smallest absolute Gasteiger partial charge is 0.370 e. The first-order chi connectivity index (χ1) is 14.4. The van der Waals surface area contributed by atoms with Crippen molar-refractivity contribution in [3.05, 3.63) is 48.6 Å². The van der Waals surface area contributed by atoms with Gasteiger partial charge in [0.2, 0.25) is 0 Å². The van der Waals surface area contributed by atoms with Crippen molar-refractivity contribution in [3.8, 4) is 0 Å². The summed E-state index contributed by atoms with van der Waals surface area (Å²) in [6.07, 6.45) is 0. The fraction of sp³-hybridized carbons (Fsp3) is 0.545. The number of hydrogen-bond acceptors (Lipinski definition) is 6. The van der Waals surface area contributed by atoms with Crippen molar-refractivity contribution in [2.24, 2.45) is 0 Å². The third-order valence-corrected chi connectivity index (χ3v) is 10.4. The molecule has 170 valence electrons. The molecule has 0 atom stereocenters. The summed E-state index contributed by atoms with van der Waals surface area (Å²) in [6, 6.07) is 7.85. The maximum atomic E-state index is 6.07. The summed E-state index contributed by atoms with van der Waals surface area (Å²) in [5.74, 6) is 0. The van der Waals surface area contributed by atoms with Crippen LogP contribution in [0.5, 0.6) is 0 Å². The van der Waals surface area contributed by atoms with Gasteiger partial charge in [-0.05, 0) is 52.7 Å². The lowest BCUT2D eigenvalue weighted by molar-refractivity contribution is 0.0860. The van der Waals surface area contributed by atoms with Gasteiger partial charge in [0, 0.05) is 50.0 Å². The van der Waals surface area contributed by atoms with Crippen LogP contribution in [-0.4, -0.2) is 57.3 Å². The number of rotatable bonds is 16. The highest BCUT2D eigenvalue weighted by atomic mass is 28.4. The monoisotopic (exact) mass is 454 g/mol. The summed E-state index contributed by atoms with van der Waals surface area (Å²) in [7, 11) is -6.35. The fourth-order valence-electron chi connectivity index (χ4n) is 3.25. The standard InChI is InChI=1S/C22H38O6Si2/c1-9-23-29(24-10-2,25-11-3)19(7)21-17-15-16-18-22(21)20(8)30(26-12-4,27-13-5)28-14-6/h15-18H,7-14H2,1-6H3. The molecule has 0 heterocycles. The second kappa shape index (κ2) is 13.3. The van der Waals surface area contributed by atoms with E-state index in [9.17, 15) is 0 Å². The van der Waals surface area contributed by atoms with Crippen molar-refractivity contribution in [2.45, 2.75) is 41.5 Å². The SMILES string of the molecule is C=C(c1ccccc1C(=C)[Si](OCC)(OCC)OCC)[Si](OCC)(OCC)OCC. The Morgan fingerprint density at radius 2 is 0.800 bits per heavy atom. The predicted molar refractivity (Wildman–Crippen MR) is 126 cm³/mol. The summed E-state index contributed by atoms with van der Waals surface area (Å²) in [5.41, 5.74) is 1.70. The molecule has 0 amide bonds. The van der Waals surface area contributed by atoms with E-state index in [1.54, 1.807) is 0 Å². The zero-order chi connectivity index (χ0) is 22.6. The first kappa shape index (κ1) is 26.9. The summed E-state index contributed by atoms with van der Waals surface area (Å²) < 4.78 is 36.4. The Labute approximate surface area is 184 Å². The maximum absolute atomic E-state index is 6.07. The van der Waals surface area contributed by atoms with Crippen molar-refractivity contribution in [1.29, 1.82) is 0 Å². The van der Waals surface area contributed by atoms with Gasteiger partial charge in [-0.25, -0.2) is 0 Å². The molecule has 0 bridgehead atoms. The van der Waals surface area contributed by atoms with Gasteiger partial charge in [-0.3, -0.25) is 0 Å². The first-order valence-electron chi connectivity index (χ1n) is 10.7. The quantitative estimate of drug-likeness (QED) is 0.332. The van der Waals surface area contributed by atoms with Crippen molar-refractivity contribution in [2.75, 3.05) is 39.6 Å². The third-order valence-electron chi connectivity index (χ3n) is 4.32. The van der Waals surface area contributed by atoms with E-state index in [-0.39, 0.29) is 0 Å². The molecule has 0 saturated heterocycles. The van der Waals surface area contributed by atoms with Gasteiger partial charge in [0.15, 0.2) is 0 Å². The molecule has 0 spiro atoms. The van der Waals surface area contributed by atoms with Gasteiger partial charge in [0.25, 0.3) is 0 Å². The van der Waals surface area contributed by atoms with Crippen molar-refractivity contribution < 1.29 is 26.6 Å². The predicted octanol–water partition coefficient (Wildman–Crippen LogP) is 4.89. The summed E-state index contributed by atoms with van der Waals surface area (Å²) in [5, 5.41) is 1.38. The Morgan fingerprint density at radius 1 is 0.567 bits per heavy atom. The molecule has 0 aromatic heterocycles. The van der Waals surface area contributed by atoms with E-state index in [1.165, 1.54) is 0 Å². The minimum absolute atomic E-state index is 0.462. The van der Waals surface area contributed by atoms with Crippen LogP contribution in [0.25, 0.3) is 10.4 Å². The van der Waals surface area contributed by atoms with Gasteiger partial charge in [0.05, 0.1) is 0 Å². The minimum atomic E-state index is -3.17. The van der Waals surface area contributed by atoms with Gasteiger partial charge >= 0.3 is 17.6 Å². The molecule has 0 saturated carbocycles. The summed E-state index contributed by atoms with van der Waals surface area (Å²) in [6.45, 7) is 23.0. The Hall–Kier alpha value is -1.11. The highest BCUT2D eigenvalue weighted by Gasteiger charge is 2.49. The van der Waals surface area contributed by atoms with Crippen LogP contribution >= 0.6 is 0 Å². The molecule has 0 aliphatic heterocycles. The zero-order valence-corrected chi connectivity index (χ0v) is 21.4. The molecule has 8 heteroatoms. The van der Waals surface area contributed by atoms with E-state index in [2.05, 4.69) is 13.2 Å². The van der Waals surface area contributed by atoms with E-state index in [0.717, 1.165) is 11.1 Å². The van der Waals surface area contributed by atoms with Crippen LogP contribution in [0.2, 0.25) is 0 Å². The maximum Gasteiger partial charge on any atom is 0.537 e. The minimum Gasteiger partial charge on any atom is -0.370 e. The lowest BCUT2D eigenvalue weighted by Gasteiger charge is -2.33. The van der Waals surface area contributed by atoms with Gasteiger partial charge in [0.1, 0.15) is 0 Å². The molecule has 0 fully saturated rings. The van der Waals surface area contributed by atoms with Crippen LogP contribution in [-0.2, 0) is 26.6 Å². The fourth-order valence-corrected chi connectivity index (χ4v) is 8.17. The molecular weight excluding hydrogens is 416 g/mol. The van der Waals surface area contributed by atoms with Crippen LogP contribution in [0.3, 0.4) is 0 Å². The third kappa shape index (κ3) is 6.21. The normalized spacial score (nSPS) is 12.2. The van der Waals surface area contributed by atoms with Gasteiger partial charge in [-0.2, -0.15) is 0 Å². The Kier molecular flexibility index (Phi) is 12.0. The molecule has 0 unspecified atom stereocenters. The topological polar surface area (TPSA) is 55.4 Å². The van der Waals surface area contributed by atoms with E-state index in [1.807, 2.05) is 65.8 Å². The molecular formula is C22H38O6Si2. The second-order valence-electron chi connectivity index (χ2n) is 6.21. The van der Waals surface area contributed by atoms with Crippen molar-refractivity contribution in [1.82, 2.24) is 0 Å². The molecule has 6 nitrogen and oxygen atoms in total. The second-order valence-corrected chi connectivity index (χ2v) is 11.4. The van der Waals surface area contributed by atoms with Gasteiger partial charge in [-0.1, -0.05) is 37.4 Å².